The Kier molecular flexibility index (Phi) is 4.84. The molecule has 1 N–H and O–H groups in total. The molecule has 0 fully saturated rings. The molecule has 34 heavy (non-hydrogen) atoms. The molecule has 4 aromatic rings. The van der Waals surface area contributed by atoms with E-state index < -0.39 is 0 Å². The molecule has 0 saturated carbocycles. The molecule has 8 nitrogen and oxygen atoms in total. The lowest BCUT2D eigenvalue weighted by Gasteiger charge is -2.30. The summed E-state index contributed by atoms with van der Waals surface area (Å²) >= 11 is 0. The number of ketones is 1. The first kappa shape index (κ1) is 20.8. The number of imidazole rings is 1. The van der Waals surface area contributed by atoms with E-state index in [2.05, 4.69) is 26.1 Å². The number of nitrogens with zero attached hydrogens (tertiary/aromatic N) is 4. The van der Waals surface area contributed by atoms with Gasteiger partial charge >= 0.3 is 0 Å². The number of carbonyl (C=O) groups excluding carboxylic acids is 1. The second-order valence-electron chi connectivity index (χ2n) is 8.84. The van der Waals surface area contributed by atoms with Crippen molar-refractivity contribution in [1.29, 1.82) is 0 Å². The van der Waals surface area contributed by atoms with Gasteiger partial charge in [0.25, 0.3) is 0 Å². The normalized spacial score (nSPS) is 19.7. The molecule has 0 aliphatic carbocycles. The van der Waals surface area contributed by atoms with Gasteiger partial charge in [-0.3, -0.25) is 9.78 Å². The van der Waals surface area contributed by atoms with Crippen LogP contribution < -0.4 is 10.1 Å². The molecule has 172 valence electrons. The summed E-state index contributed by atoms with van der Waals surface area (Å²) in [6.45, 7) is 6.62. The second-order valence-corrected chi connectivity index (χ2v) is 8.84. The molecule has 0 amide bonds. The van der Waals surface area contributed by atoms with Gasteiger partial charge in [-0.1, -0.05) is 17.3 Å². The third-order valence-corrected chi connectivity index (χ3v) is 6.67. The lowest BCUT2D eigenvalue weighted by molar-refractivity contribution is -0.117. The van der Waals surface area contributed by atoms with Crippen LogP contribution in [0.15, 0.2) is 47.1 Å². The fraction of sp³-hybridized carbons (Fsp3) is 0.308. The van der Waals surface area contributed by atoms with Crippen molar-refractivity contribution in [3.63, 3.8) is 0 Å². The number of ether oxygens (including phenoxy) is 1. The number of benzene rings is 1. The largest absolute Gasteiger partial charge is 0.488 e. The van der Waals surface area contributed by atoms with E-state index in [1.54, 1.807) is 13.1 Å². The van der Waals surface area contributed by atoms with Gasteiger partial charge in [-0.05, 0) is 58.0 Å². The zero-order valence-corrected chi connectivity index (χ0v) is 19.3. The molecule has 0 bridgehead atoms. The van der Waals surface area contributed by atoms with E-state index in [9.17, 15) is 4.79 Å². The van der Waals surface area contributed by atoms with Crippen LogP contribution in [0.4, 0.5) is 0 Å². The number of hydrogen-bond acceptors (Lipinski definition) is 7. The van der Waals surface area contributed by atoms with E-state index >= 15 is 0 Å². The van der Waals surface area contributed by atoms with Gasteiger partial charge in [-0.15, -0.1) is 0 Å². The highest BCUT2D eigenvalue weighted by molar-refractivity contribution is 5.98. The van der Waals surface area contributed by atoms with E-state index in [1.165, 1.54) is 0 Å². The van der Waals surface area contributed by atoms with Crippen LogP contribution in [-0.4, -0.2) is 44.7 Å². The van der Waals surface area contributed by atoms with E-state index in [-0.39, 0.29) is 17.9 Å². The van der Waals surface area contributed by atoms with Gasteiger partial charge in [0.2, 0.25) is 0 Å². The predicted octanol–water partition coefficient (Wildman–Crippen LogP) is 4.02. The Hall–Kier alpha value is -3.78. The number of nitrogens with one attached hydrogen (secondary N) is 1. The molecule has 6 rings (SSSR count). The van der Waals surface area contributed by atoms with E-state index in [4.69, 9.17) is 14.2 Å². The van der Waals surface area contributed by atoms with Crippen molar-refractivity contribution in [3.8, 4) is 16.9 Å². The summed E-state index contributed by atoms with van der Waals surface area (Å²) in [5.74, 6) is 2.34. The van der Waals surface area contributed by atoms with Gasteiger partial charge in [-0.2, -0.15) is 0 Å². The second kappa shape index (κ2) is 7.92. The van der Waals surface area contributed by atoms with Crippen molar-refractivity contribution in [3.05, 3.63) is 65.6 Å². The molecule has 5 heterocycles. The van der Waals surface area contributed by atoms with Crippen molar-refractivity contribution >= 4 is 22.4 Å². The number of carbonyl (C=O) groups is 1. The van der Waals surface area contributed by atoms with Gasteiger partial charge in [0.1, 0.15) is 29.8 Å². The smallest absolute Gasteiger partial charge is 0.153 e. The zero-order chi connectivity index (χ0) is 23.4. The summed E-state index contributed by atoms with van der Waals surface area (Å²) in [5.41, 5.74) is 6.17. The Morgan fingerprint density at radius 1 is 1.21 bits per heavy atom. The van der Waals surface area contributed by atoms with Crippen LogP contribution in [0.5, 0.6) is 5.75 Å². The molecule has 8 heteroatoms. The maximum absolute atomic E-state index is 12.5. The maximum Gasteiger partial charge on any atom is 0.153 e. The Labute approximate surface area is 196 Å². The average Bonchev–Trinajstić information content (AvgIpc) is 3.41. The standard InChI is InChI=1S/C26H25N5O3/c1-14-22(16(3)34-30-14)17-9-10-20-24-25(17)33-13-21(19-8-4-5-11-27-19)31(24)26(29-20)18-7-6-12-28-23(18)15(2)32/h4-5,7-11,21,23,28H,6,12-13H2,1-3H3/t21-,23?/m1/s1. The Balaban J connectivity index is 1.65. The third-order valence-electron chi connectivity index (χ3n) is 6.67. The van der Waals surface area contributed by atoms with Crippen LogP contribution in [0, 0.1) is 13.8 Å². The Morgan fingerprint density at radius 2 is 2.09 bits per heavy atom. The van der Waals surface area contributed by atoms with Crippen molar-refractivity contribution < 1.29 is 14.1 Å². The number of aryl methyl sites for hydroxylation is 2. The van der Waals surface area contributed by atoms with E-state index in [0.717, 1.165) is 69.4 Å². The van der Waals surface area contributed by atoms with Gasteiger partial charge in [0, 0.05) is 17.3 Å². The van der Waals surface area contributed by atoms with Gasteiger partial charge in [-0.25, -0.2) is 4.98 Å². The first-order valence-corrected chi connectivity index (χ1v) is 11.5. The molecule has 2 aliphatic rings. The zero-order valence-electron chi connectivity index (χ0n) is 19.3. The molecular weight excluding hydrogens is 430 g/mol. The van der Waals surface area contributed by atoms with Crippen molar-refractivity contribution in [2.45, 2.75) is 39.3 Å². The fourth-order valence-electron chi connectivity index (χ4n) is 5.17. The predicted molar refractivity (Wildman–Crippen MR) is 128 cm³/mol. The van der Waals surface area contributed by atoms with Crippen molar-refractivity contribution in [2.75, 3.05) is 13.2 Å². The summed E-state index contributed by atoms with van der Waals surface area (Å²) < 4.78 is 14.1. The number of rotatable bonds is 4. The Morgan fingerprint density at radius 3 is 2.82 bits per heavy atom. The topological polar surface area (TPSA) is 95.1 Å². The van der Waals surface area contributed by atoms with E-state index in [1.807, 2.05) is 44.2 Å². The van der Waals surface area contributed by atoms with E-state index in [0.29, 0.717) is 6.61 Å². The number of aromatic nitrogens is 4. The quantitative estimate of drug-likeness (QED) is 0.497. The molecule has 1 unspecified atom stereocenters. The number of hydrogen-bond donors (Lipinski definition) is 1. The fourth-order valence-corrected chi connectivity index (χ4v) is 5.17. The SMILES string of the molecule is CC(=O)C1NCCC=C1c1nc2ccc(-c3c(C)noc3C)c3c2n1[C@@H](c1ccccn1)CO3. The van der Waals surface area contributed by atoms with Crippen LogP contribution in [0.3, 0.4) is 0 Å². The molecule has 0 spiro atoms. The molecule has 2 atom stereocenters. The Bertz CT molecular complexity index is 1430. The minimum absolute atomic E-state index is 0.0730. The molecular formula is C26H25N5O3. The van der Waals surface area contributed by atoms with Gasteiger partial charge in [0.05, 0.1) is 28.5 Å². The lowest BCUT2D eigenvalue weighted by Crippen LogP contribution is -2.40. The van der Waals surface area contributed by atoms with Crippen LogP contribution in [0.2, 0.25) is 0 Å². The molecule has 2 aliphatic heterocycles. The summed E-state index contributed by atoms with van der Waals surface area (Å²) in [6, 6.07) is 9.34. The van der Waals surface area contributed by atoms with Crippen LogP contribution in [-0.2, 0) is 4.79 Å². The highest BCUT2D eigenvalue weighted by Crippen LogP contribution is 2.45. The maximum atomic E-state index is 12.5. The van der Waals surface area contributed by atoms with Crippen LogP contribution >= 0.6 is 0 Å². The highest BCUT2D eigenvalue weighted by atomic mass is 16.5. The minimum Gasteiger partial charge on any atom is -0.488 e. The first-order valence-electron chi connectivity index (χ1n) is 11.5. The minimum atomic E-state index is -0.389. The van der Waals surface area contributed by atoms with Crippen molar-refractivity contribution in [2.24, 2.45) is 0 Å². The van der Waals surface area contributed by atoms with Gasteiger partial charge in [0.15, 0.2) is 11.5 Å². The summed E-state index contributed by atoms with van der Waals surface area (Å²) in [4.78, 5) is 22.2. The van der Waals surface area contributed by atoms with Crippen LogP contribution in [0.1, 0.15) is 42.4 Å². The molecule has 0 radical (unpaired) electrons. The van der Waals surface area contributed by atoms with Crippen molar-refractivity contribution in [1.82, 2.24) is 25.0 Å². The monoisotopic (exact) mass is 455 g/mol. The summed E-state index contributed by atoms with van der Waals surface area (Å²) in [6.07, 6.45) is 4.76. The first-order chi connectivity index (χ1) is 16.5. The molecule has 1 aromatic carbocycles. The molecule has 3 aromatic heterocycles. The van der Waals surface area contributed by atoms with Crippen LogP contribution in [0.25, 0.3) is 27.7 Å². The number of pyridine rings is 1. The number of Topliss-reactive ketones (excluding diaryl/α,β-unsaturated/α-hetero) is 1. The third kappa shape index (κ3) is 3.09. The summed E-state index contributed by atoms with van der Waals surface area (Å²) in [5, 5.41) is 7.50. The molecule has 0 saturated heterocycles. The summed E-state index contributed by atoms with van der Waals surface area (Å²) in [7, 11) is 0. The average molecular weight is 456 g/mol. The lowest BCUT2D eigenvalue weighted by atomic mass is 9.97. The van der Waals surface area contributed by atoms with Gasteiger partial charge < -0.3 is 19.1 Å². The highest BCUT2D eigenvalue weighted by Gasteiger charge is 2.35.